The molecule has 152 valence electrons. The molecule has 1 unspecified atom stereocenters. The molecule has 2 aliphatic heterocycles. The largest absolute Gasteiger partial charge is 0.274 e. The van der Waals surface area contributed by atoms with Crippen molar-refractivity contribution in [2.45, 2.75) is 18.9 Å². The quantitative estimate of drug-likeness (QED) is 0.526. The summed E-state index contributed by atoms with van der Waals surface area (Å²) in [4.78, 5) is 22.8. The number of nitrogens with zero attached hydrogens (tertiary/aromatic N) is 4. The molecular weight excluding hydrogens is 408 g/mol. The van der Waals surface area contributed by atoms with Crippen molar-refractivity contribution in [2.75, 3.05) is 0 Å². The fourth-order valence-corrected chi connectivity index (χ4v) is 4.06. The Morgan fingerprint density at radius 2 is 1.45 bits per heavy atom. The molecule has 0 bridgehead atoms. The highest BCUT2D eigenvalue weighted by molar-refractivity contribution is 6.67. The van der Waals surface area contributed by atoms with Gasteiger partial charge in [0.15, 0.2) is 0 Å². The van der Waals surface area contributed by atoms with Crippen molar-refractivity contribution in [3.05, 3.63) is 96.1 Å². The molecule has 0 radical (unpaired) electrons. The van der Waals surface area contributed by atoms with Gasteiger partial charge in [-0.2, -0.15) is 5.10 Å². The van der Waals surface area contributed by atoms with Gasteiger partial charge >= 0.3 is 0 Å². The molecule has 2 aliphatic rings. The summed E-state index contributed by atoms with van der Waals surface area (Å²) in [6.45, 7) is 0. The van der Waals surface area contributed by atoms with E-state index in [1.807, 2.05) is 72.8 Å². The molecule has 3 aromatic rings. The summed E-state index contributed by atoms with van der Waals surface area (Å²) in [5.41, 5.74) is 4.67. The van der Waals surface area contributed by atoms with Crippen LogP contribution in [0.4, 0.5) is 11.4 Å². The van der Waals surface area contributed by atoms with Crippen LogP contribution in [0.2, 0.25) is 0 Å². The van der Waals surface area contributed by atoms with Gasteiger partial charge in [0.1, 0.15) is 11.2 Å². The highest BCUT2D eigenvalue weighted by atomic mass is 35.5. The lowest BCUT2D eigenvalue weighted by atomic mass is 9.99. The second-order valence-electron chi connectivity index (χ2n) is 7.41. The van der Waals surface area contributed by atoms with Crippen LogP contribution in [0.25, 0.3) is 0 Å². The number of hydrogen-bond donors (Lipinski definition) is 0. The van der Waals surface area contributed by atoms with Crippen molar-refractivity contribution in [2.24, 2.45) is 15.1 Å². The smallest absolute Gasteiger partial charge is 0.267 e. The molecule has 0 aromatic heterocycles. The normalized spacial score (nSPS) is 17.9. The van der Waals surface area contributed by atoms with Crippen molar-refractivity contribution >= 4 is 45.5 Å². The molecule has 0 N–H and O–H groups in total. The van der Waals surface area contributed by atoms with E-state index in [1.54, 1.807) is 17.1 Å². The van der Waals surface area contributed by atoms with Gasteiger partial charge in [0.2, 0.25) is 0 Å². The SMILES string of the molecule is O=C(c1ccccc1)N1N=C(c2ccccc2)CC1C1=Nc2ccccc2N=C(Cl)C1. The van der Waals surface area contributed by atoms with Crippen LogP contribution in [0.5, 0.6) is 0 Å². The minimum Gasteiger partial charge on any atom is -0.267 e. The van der Waals surface area contributed by atoms with Gasteiger partial charge in [-0.3, -0.25) is 9.79 Å². The van der Waals surface area contributed by atoms with E-state index < -0.39 is 0 Å². The highest BCUT2D eigenvalue weighted by Gasteiger charge is 2.36. The Kier molecular flexibility index (Phi) is 5.18. The molecule has 5 nitrogen and oxygen atoms in total. The fraction of sp³-hybridized carbons (Fsp3) is 0.120. The van der Waals surface area contributed by atoms with Crippen molar-refractivity contribution in [1.82, 2.24) is 5.01 Å². The number of para-hydroxylation sites is 2. The molecule has 2 heterocycles. The summed E-state index contributed by atoms with van der Waals surface area (Å²) in [5.74, 6) is -0.162. The predicted octanol–water partition coefficient (Wildman–Crippen LogP) is 5.75. The molecule has 1 amide bonds. The van der Waals surface area contributed by atoms with E-state index in [4.69, 9.17) is 21.7 Å². The average molecular weight is 427 g/mol. The van der Waals surface area contributed by atoms with Gasteiger partial charge in [0, 0.05) is 18.4 Å². The van der Waals surface area contributed by atoms with Crippen LogP contribution < -0.4 is 0 Å². The maximum absolute atomic E-state index is 13.4. The van der Waals surface area contributed by atoms with Crippen LogP contribution in [0.15, 0.2) is 100 Å². The lowest BCUT2D eigenvalue weighted by Crippen LogP contribution is -2.39. The third kappa shape index (κ3) is 3.92. The number of hydrogen-bond acceptors (Lipinski definition) is 4. The summed E-state index contributed by atoms with van der Waals surface area (Å²) >= 11 is 6.45. The van der Waals surface area contributed by atoms with Crippen molar-refractivity contribution in [1.29, 1.82) is 0 Å². The van der Waals surface area contributed by atoms with Crippen molar-refractivity contribution < 1.29 is 4.79 Å². The van der Waals surface area contributed by atoms with Crippen LogP contribution in [0.3, 0.4) is 0 Å². The number of fused-ring (bicyclic) bond motifs is 1. The number of carbonyl (C=O) groups is 1. The molecule has 0 spiro atoms. The van der Waals surface area contributed by atoms with Crippen LogP contribution in [0, 0.1) is 0 Å². The Bertz CT molecular complexity index is 1220. The zero-order valence-electron chi connectivity index (χ0n) is 16.6. The maximum Gasteiger partial charge on any atom is 0.274 e. The van der Waals surface area contributed by atoms with Gasteiger partial charge in [-0.15, -0.1) is 0 Å². The van der Waals surface area contributed by atoms with Crippen molar-refractivity contribution in [3.63, 3.8) is 0 Å². The summed E-state index contributed by atoms with van der Waals surface area (Å²) < 4.78 is 0. The Morgan fingerprint density at radius 1 is 0.839 bits per heavy atom. The molecule has 0 aliphatic carbocycles. The van der Waals surface area contributed by atoms with Gasteiger partial charge in [-0.1, -0.05) is 72.3 Å². The third-order valence-electron chi connectivity index (χ3n) is 5.35. The van der Waals surface area contributed by atoms with E-state index in [0.29, 0.717) is 23.6 Å². The zero-order chi connectivity index (χ0) is 21.2. The van der Waals surface area contributed by atoms with Gasteiger partial charge in [0.25, 0.3) is 5.91 Å². The first-order valence-electron chi connectivity index (χ1n) is 10.1. The summed E-state index contributed by atoms with van der Waals surface area (Å²) in [7, 11) is 0. The Hall–Kier alpha value is -3.57. The number of benzene rings is 3. The standard InChI is InChI=1S/C25H19ClN4O/c26-24-16-22(27-19-13-7-8-14-20(19)28-24)23-15-21(17-9-3-1-4-10-17)29-30(23)25(31)18-11-5-2-6-12-18/h1-14,23H,15-16H2. The van der Waals surface area contributed by atoms with Gasteiger partial charge < -0.3 is 0 Å². The molecule has 1 atom stereocenters. The predicted molar refractivity (Wildman–Crippen MR) is 125 cm³/mol. The van der Waals surface area contributed by atoms with Gasteiger partial charge in [-0.05, 0) is 29.8 Å². The van der Waals surface area contributed by atoms with E-state index in [0.717, 1.165) is 28.4 Å². The average Bonchev–Trinajstić information content (AvgIpc) is 3.18. The van der Waals surface area contributed by atoms with Crippen LogP contribution in [0.1, 0.15) is 28.8 Å². The molecule has 0 saturated carbocycles. The highest BCUT2D eigenvalue weighted by Crippen LogP contribution is 2.34. The Labute approximate surface area is 185 Å². The molecular formula is C25H19ClN4O. The lowest BCUT2D eigenvalue weighted by molar-refractivity contribution is 0.0751. The van der Waals surface area contributed by atoms with Crippen molar-refractivity contribution in [3.8, 4) is 0 Å². The van der Waals surface area contributed by atoms with Gasteiger partial charge in [-0.25, -0.2) is 10.0 Å². The van der Waals surface area contributed by atoms with Crippen LogP contribution in [-0.2, 0) is 0 Å². The molecule has 5 rings (SSSR count). The first-order valence-corrected chi connectivity index (χ1v) is 10.5. The van der Waals surface area contributed by atoms with E-state index in [1.165, 1.54) is 0 Å². The Balaban J connectivity index is 1.57. The number of amides is 1. The summed E-state index contributed by atoms with van der Waals surface area (Å²) in [6.07, 6.45) is 0.935. The third-order valence-corrected chi connectivity index (χ3v) is 5.56. The number of hydrazone groups is 1. The lowest BCUT2D eigenvalue weighted by Gasteiger charge is -2.23. The first kappa shape index (κ1) is 19.4. The van der Waals surface area contributed by atoms with E-state index in [2.05, 4.69) is 4.99 Å². The molecule has 31 heavy (non-hydrogen) atoms. The van der Waals surface area contributed by atoms with Crippen LogP contribution >= 0.6 is 11.6 Å². The number of aliphatic imine (C=N–C) groups is 2. The minimum atomic E-state index is -0.335. The second-order valence-corrected chi connectivity index (χ2v) is 7.84. The van der Waals surface area contributed by atoms with Crippen LogP contribution in [-0.4, -0.2) is 33.6 Å². The second kappa shape index (κ2) is 8.28. The maximum atomic E-state index is 13.4. The van der Waals surface area contributed by atoms with E-state index in [-0.39, 0.29) is 11.9 Å². The zero-order valence-corrected chi connectivity index (χ0v) is 17.4. The number of halogens is 1. The topological polar surface area (TPSA) is 57.4 Å². The number of rotatable bonds is 3. The Morgan fingerprint density at radius 3 is 2.16 bits per heavy atom. The monoisotopic (exact) mass is 426 g/mol. The molecule has 3 aromatic carbocycles. The molecule has 0 saturated heterocycles. The fourth-order valence-electron chi connectivity index (χ4n) is 3.83. The molecule has 0 fully saturated rings. The first-order chi connectivity index (χ1) is 15.2. The molecule has 6 heteroatoms. The number of carbonyl (C=O) groups excluding carboxylic acids is 1. The van der Waals surface area contributed by atoms with E-state index >= 15 is 0 Å². The van der Waals surface area contributed by atoms with E-state index in [9.17, 15) is 4.79 Å². The van der Waals surface area contributed by atoms with Gasteiger partial charge in [0.05, 0.1) is 22.8 Å². The summed E-state index contributed by atoms with van der Waals surface area (Å²) in [5, 5.41) is 6.74. The summed E-state index contributed by atoms with van der Waals surface area (Å²) in [6, 6.07) is 26.4. The minimum absolute atomic E-state index is 0.162.